The van der Waals surface area contributed by atoms with Gasteiger partial charge in [0.25, 0.3) is 0 Å². The lowest BCUT2D eigenvalue weighted by molar-refractivity contribution is -0.116. The van der Waals surface area contributed by atoms with Crippen molar-refractivity contribution in [1.29, 1.82) is 5.26 Å². The first-order valence-electron chi connectivity index (χ1n) is 8.16. The van der Waals surface area contributed by atoms with Crippen LogP contribution in [0.1, 0.15) is 12.0 Å². The number of thiophene rings is 1. The average Bonchev–Trinajstić information content (AvgIpc) is 3.07. The van der Waals surface area contributed by atoms with E-state index < -0.39 is 0 Å². The lowest BCUT2D eigenvalue weighted by Gasteiger charge is -2.36. The van der Waals surface area contributed by atoms with Gasteiger partial charge in [-0.2, -0.15) is 5.26 Å². The van der Waals surface area contributed by atoms with Crippen molar-refractivity contribution >= 4 is 39.5 Å². The van der Waals surface area contributed by atoms with Crippen LogP contribution in [0, 0.1) is 11.3 Å². The second-order valence-electron chi connectivity index (χ2n) is 5.88. The zero-order valence-electron chi connectivity index (χ0n) is 13.7. The number of nitrogens with zero attached hydrogens (tertiary/aromatic N) is 3. The van der Waals surface area contributed by atoms with Crippen molar-refractivity contribution in [2.24, 2.45) is 0 Å². The average molecular weight is 375 g/mol. The van der Waals surface area contributed by atoms with Crippen molar-refractivity contribution in [2.45, 2.75) is 6.42 Å². The second kappa shape index (κ2) is 8.34. The van der Waals surface area contributed by atoms with Gasteiger partial charge in [-0.15, -0.1) is 11.3 Å². The van der Waals surface area contributed by atoms with Gasteiger partial charge in [-0.1, -0.05) is 17.7 Å². The molecule has 1 amide bonds. The number of amides is 1. The monoisotopic (exact) mass is 374 g/mol. The standard InChI is InChI=1S/C18H19ClN4OS/c19-15-2-1-3-16(12-15)23-9-7-22(8-10-23)6-4-17(24)21-18-14(13-20)5-11-25-18/h1-3,5,11-12H,4,6-10H2,(H,21,24). The first-order valence-corrected chi connectivity index (χ1v) is 9.42. The lowest BCUT2D eigenvalue weighted by atomic mass is 10.2. The summed E-state index contributed by atoms with van der Waals surface area (Å²) in [4.78, 5) is 16.7. The van der Waals surface area contributed by atoms with Crippen LogP contribution in [0.2, 0.25) is 5.02 Å². The van der Waals surface area contributed by atoms with Crippen LogP contribution in [0.5, 0.6) is 0 Å². The maximum absolute atomic E-state index is 12.1. The normalized spacial score (nSPS) is 15.0. The SMILES string of the molecule is N#Cc1ccsc1NC(=O)CCN1CCN(c2cccc(Cl)c2)CC1. The van der Waals surface area contributed by atoms with E-state index in [1.807, 2.05) is 23.6 Å². The minimum Gasteiger partial charge on any atom is -0.369 e. The molecule has 3 rings (SSSR count). The van der Waals surface area contributed by atoms with Crippen molar-refractivity contribution in [3.05, 3.63) is 46.3 Å². The number of benzene rings is 1. The molecular weight excluding hydrogens is 356 g/mol. The van der Waals surface area contributed by atoms with Crippen LogP contribution in [0.25, 0.3) is 0 Å². The third-order valence-corrected chi connectivity index (χ3v) is 5.30. The highest BCUT2D eigenvalue weighted by molar-refractivity contribution is 7.14. The van der Waals surface area contributed by atoms with Crippen LogP contribution in [0.3, 0.4) is 0 Å². The molecule has 0 unspecified atom stereocenters. The van der Waals surface area contributed by atoms with Crippen LogP contribution < -0.4 is 10.2 Å². The molecule has 0 saturated carbocycles. The van der Waals surface area contributed by atoms with E-state index in [1.54, 1.807) is 6.07 Å². The quantitative estimate of drug-likeness (QED) is 0.871. The smallest absolute Gasteiger partial charge is 0.226 e. The van der Waals surface area contributed by atoms with E-state index in [4.69, 9.17) is 16.9 Å². The van der Waals surface area contributed by atoms with E-state index in [-0.39, 0.29) is 5.91 Å². The molecule has 1 fully saturated rings. The molecule has 5 nitrogen and oxygen atoms in total. The van der Waals surface area contributed by atoms with Crippen molar-refractivity contribution < 1.29 is 4.79 Å². The van der Waals surface area contributed by atoms with Crippen LogP contribution in [0.15, 0.2) is 35.7 Å². The van der Waals surface area contributed by atoms with E-state index in [1.165, 1.54) is 11.3 Å². The van der Waals surface area contributed by atoms with Gasteiger partial charge in [0.1, 0.15) is 11.1 Å². The number of nitriles is 1. The molecule has 0 aliphatic carbocycles. The largest absolute Gasteiger partial charge is 0.369 e. The number of piperazine rings is 1. The van der Waals surface area contributed by atoms with E-state index in [0.717, 1.165) is 43.4 Å². The van der Waals surface area contributed by atoms with E-state index in [9.17, 15) is 4.79 Å². The zero-order valence-corrected chi connectivity index (χ0v) is 15.3. The molecule has 1 aliphatic heterocycles. The number of halogens is 1. The number of nitrogens with one attached hydrogen (secondary N) is 1. The molecule has 0 spiro atoms. The van der Waals surface area contributed by atoms with Gasteiger partial charge < -0.3 is 10.2 Å². The highest BCUT2D eigenvalue weighted by Crippen LogP contribution is 2.23. The summed E-state index contributed by atoms with van der Waals surface area (Å²) in [5.74, 6) is -0.0452. The Bertz CT molecular complexity index is 777. The van der Waals surface area contributed by atoms with Crippen molar-refractivity contribution in [1.82, 2.24) is 4.90 Å². The molecule has 0 radical (unpaired) electrons. The number of hydrogen-bond donors (Lipinski definition) is 1. The molecule has 2 aromatic rings. The Morgan fingerprint density at radius 3 is 2.80 bits per heavy atom. The third kappa shape index (κ3) is 4.73. The van der Waals surface area contributed by atoms with Gasteiger partial charge in [0, 0.05) is 49.9 Å². The molecule has 7 heteroatoms. The molecule has 1 saturated heterocycles. The molecule has 0 atom stereocenters. The Balaban J connectivity index is 1.43. The summed E-state index contributed by atoms with van der Waals surface area (Å²) < 4.78 is 0. The lowest BCUT2D eigenvalue weighted by Crippen LogP contribution is -2.47. The summed E-state index contributed by atoms with van der Waals surface area (Å²) in [7, 11) is 0. The van der Waals surface area contributed by atoms with Crippen molar-refractivity contribution in [3.8, 4) is 6.07 Å². The Morgan fingerprint density at radius 1 is 1.28 bits per heavy atom. The topological polar surface area (TPSA) is 59.4 Å². The Morgan fingerprint density at radius 2 is 2.08 bits per heavy atom. The van der Waals surface area contributed by atoms with E-state index in [2.05, 4.69) is 27.3 Å². The maximum atomic E-state index is 12.1. The first-order chi connectivity index (χ1) is 12.2. The summed E-state index contributed by atoms with van der Waals surface area (Å²) in [6.07, 6.45) is 0.430. The van der Waals surface area contributed by atoms with Gasteiger partial charge >= 0.3 is 0 Å². The number of anilines is 2. The molecule has 1 N–H and O–H groups in total. The van der Waals surface area contributed by atoms with Gasteiger partial charge in [-0.3, -0.25) is 9.69 Å². The van der Waals surface area contributed by atoms with Crippen LogP contribution in [-0.2, 0) is 4.79 Å². The van der Waals surface area contributed by atoms with E-state index in [0.29, 0.717) is 17.0 Å². The summed E-state index contributed by atoms with van der Waals surface area (Å²) in [5.41, 5.74) is 1.67. The summed E-state index contributed by atoms with van der Waals surface area (Å²) in [5, 5.41) is 15.0. The highest BCUT2D eigenvalue weighted by Gasteiger charge is 2.18. The Kier molecular flexibility index (Phi) is 5.92. The first kappa shape index (κ1) is 17.7. The fourth-order valence-corrected chi connectivity index (χ4v) is 3.78. The van der Waals surface area contributed by atoms with Crippen molar-refractivity contribution in [2.75, 3.05) is 42.9 Å². The number of hydrogen-bond acceptors (Lipinski definition) is 5. The summed E-state index contributed by atoms with van der Waals surface area (Å²) in [6, 6.07) is 11.7. The molecule has 2 heterocycles. The Labute approximate surface area is 156 Å². The summed E-state index contributed by atoms with van der Waals surface area (Å²) in [6.45, 7) is 4.41. The predicted molar refractivity (Wildman–Crippen MR) is 102 cm³/mol. The summed E-state index contributed by atoms with van der Waals surface area (Å²) >= 11 is 7.43. The predicted octanol–water partition coefficient (Wildman–Crippen LogP) is 3.42. The van der Waals surface area contributed by atoms with Gasteiger partial charge in [0.2, 0.25) is 5.91 Å². The number of carbonyl (C=O) groups excluding carboxylic acids is 1. The fraction of sp³-hybridized carbons (Fsp3) is 0.333. The zero-order chi connectivity index (χ0) is 17.6. The molecule has 1 aromatic carbocycles. The molecule has 130 valence electrons. The van der Waals surface area contributed by atoms with Crippen LogP contribution in [0.4, 0.5) is 10.7 Å². The van der Waals surface area contributed by atoms with Crippen molar-refractivity contribution in [3.63, 3.8) is 0 Å². The Hall–Kier alpha value is -2.07. The molecule has 25 heavy (non-hydrogen) atoms. The molecule has 0 bridgehead atoms. The third-order valence-electron chi connectivity index (χ3n) is 4.24. The van der Waals surface area contributed by atoms with Gasteiger partial charge in [0.15, 0.2) is 0 Å². The number of carbonyl (C=O) groups is 1. The second-order valence-corrected chi connectivity index (χ2v) is 7.23. The van der Waals surface area contributed by atoms with Gasteiger partial charge in [0.05, 0.1) is 5.56 Å². The minimum absolute atomic E-state index is 0.0452. The van der Waals surface area contributed by atoms with Crippen LogP contribution >= 0.6 is 22.9 Å². The highest BCUT2D eigenvalue weighted by atomic mass is 35.5. The molecule has 1 aliphatic rings. The van der Waals surface area contributed by atoms with Gasteiger partial charge in [-0.25, -0.2) is 0 Å². The van der Waals surface area contributed by atoms with Gasteiger partial charge in [-0.05, 0) is 29.6 Å². The maximum Gasteiger partial charge on any atom is 0.226 e. The van der Waals surface area contributed by atoms with E-state index >= 15 is 0 Å². The number of rotatable bonds is 5. The minimum atomic E-state index is -0.0452. The molecule has 1 aromatic heterocycles. The van der Waals surface area contributed by atoms with Crippen LogP contribution in [-0.4, -0.2) is 43.5 Å². The molecular formula is C18H19ClN4OS. The fourth-order valence-electron chi connectivity index (χ4n) is 2.85.